The van der Waals surface area contributed by atoms with Crippen molar-refractivity contribution in [3.8, 4) is 0 Å². The minimum absolute atomic E-state index is 0.457. The van der Waals surface area contributed by atoms with E-state index in [4.69, 9.17) is 5.73 Å². The van der Waals surface area contributed by atoms with Gasteiger partial charge in [-0.3, -0.25) is 4.68 Å². The van der Waals surface area contributed by atoms with Crippen LogP contribution in [0.1, 0.15) is 38.8 Å². The first-order valence-electron chi connectivity index (χ1n) is 6.55. The van der Waals surface area contributed by atoms with E-state index in [0.29, 0.717) is 17.3 Å². The Morgan fingerprint density at radius 3 is 2.82 bits per heavy atom. The molecule has 96 valence electrons. The van der Waals surface area contributed by atoms with E-state index >= 15 is 0 Å². The summed E-state index contributed by atoms with van der Waals surface area (Å²) in [6.07, 6.45) is 6.86. The molecule has 17 heavy (non-hydrogen) atoms. The van der Waals surface area contributed by atoms with Crippen molar-refractivity contribution < 1.29 is 0 Å². The van der Waals surface area contributed by atoms with Crippen LogP contribution in [0.5, 0.6) is 0 Å². The van der Waals surface area contributed by atoms with Crippen LogP contribution in [0.3, 0.4) is 0 Å². The molecule has 4 nitrogen and oxygen atoms in total. The van der Waals surface area contributed by atoms with E-state index < -0.39 is 0 Å². The molecule has 2 rings (SSSR count). The maximum absolute atomic E-state index is 5.90. The summed E-state index contributed by atoms with van der Waals surface area (Å²) >= 11 is 0. The molecule has 1 aliphatic carbocycles. The standard InChI is InChI=1S/C13H24N4/c1-13(2)5-4-10(8-14)11(7-13)6-12-9-17(3)16-15-12/h9-11H,4-8,14H2,1-3H3. The van der Waals surface area contributed by atoms with Gasteiger partial charge < -0.3 is 5.73 Å². The normalized spacial score (nSPS) is 28.2. The number of aromatic nitrogens is 3. The van der Waals surface area contributed by atoms with Crippen molar-refractivity contribution in [1.29, 1.82) is 0 Å². The molecule has 0 amide bonds. The highest BCUT2D eigenvalue weighted by atomic mass is 15.4. The molecule has 2 N–H and O–H groups in total. The Balaban J connectivity index is 2.05. The van der Waals surface area contributed by atoms with Gasteiger partial charge in [-0.15, -0.1) is 5.10 Å². The summed E-state index contributed by atoms with van der Waals surface area (Å²) in [5.74, 6) is 1.32. The quantitative estimate of drug-likeness (QED) is 0.870. The first-order chi connectivity index (χ1) is 8.00. The Kier molecular flexibility index (Phi) is 3.52. The number of hydrogen-bond acceptors (Lipinski definition) is 3. The molecule has 1 heterocycles. The minimum atomic E-state index is 0.457. The van der Waals surface area contributed by atoms with Gasteiger partial charge in [-0.1, -0.05) is 19.1 Å². The smallest absolute Gasteiger partial charge is 0.0829 e. The largest absolute Gasteiger partial charge is 0.330 e. The summed E-state index contributed by atoms with van der Waals surface area (Å²) < 4.78 is 1.78. The van der Waals surface area contributed by atoms with Gasteiger partial charge in [0.2, 0.25) is 0 Å². The summed E-state index contributed by atoms with van der Waals surface area (Å²) in [7, 11) is 1.92. The van der Waals surface area contributed by atoms with E-state index in [1.165, 1.54) is 19.3 Å². The number of nitrogens with two attached hydrogens (primary N) is 1. The van der Waals surface area contributed by atoms with Gasteiger partial charge in [-0.2, -0.15) is 0 Å². The van der Waals surface area contributed by atoms with Gasteiger partial charge in [0.05, 0.1) is 5.69 Å². The average Bonchev–Trinajstić information content (AvgIpc) is 2.63. The zero-order valence-corrected chi connectivity index (χ0v) is 11.2. The van der Waals surface area contributed by atoms with E-state index in [0.717, 1.165) is 18.7 Å². The predicted octanol–water partition coefficient (Wildman–Crippen LogP) is 1.76. The van der Waals surface area contributed by atoms with Crippen LogP contribution in [-0.4, -0.2) is 21.5 Å². The van der Waals surface area contributed by atoms with Crippen LogP contribution in [-0.2, 0) is 13.5 Å². The molecular formula is C13H24N4. The molecule has 0 saturated heterocycles. The lowest BCUT2D eigenvalue weighted by Gasteiger charge is -2.40. The summed E-state index contributed by atoms with van der Waals surface area (Å²) in [4.78, 5) is 0. The maximum Gasteiger partial charge on any atom is 0.0829 e. The molecule has 0 aromatic carbocycles. The highest BCUT2D eigenvalue weighted by Gasteiger charge is 2.34. The molecule has 1 saturated carbocycles. The van der Waals surface area contributed by atoms with Crippen molar-refractivity contribution in [3.63, 3.8) is 0 Å². The second-order valence-corrected chi connectivity index (χ2v) is 6.25. The highest BCUT2D eigenvalue weighted by Crippen LogP contribution is 2.42. The van der Waals surface area contributed by atoms with Gasteiger partial charge in [-0.25, -0.2) is 0 Å². The lowest BCUT2D eigenvalue weighted by atomic mass is 9.66. The molecule has 0 bridgehead atoms. The van der Waals surface area contributed by atoms with E-state index in [1.807, 2.05) is 13.2 Å². The molecule has 1 fully saturated rings. The van der Waals surface area contributed by atoms with E-state index in [-0.39, 0.29) is 0 Å². The third-order valence-electron chi connectivity index (χ3n) is 4.10. The van der Waals surface area contributed by atoms with Crippen LogP contribution in [0, 0.1) is 17.3 Å². The molecule has 1 aromatic heterocycles. The van der Waals surface area contributed by atoms with Gasteiger partial charge in [0, 0.05) is 13.2 Å². The van der Waals surface area contributed by atoms with Crippen molar-refractivity contribution >= 4 is 0 Å². The zero-order chi connectivity index (χ0) is 12.5. The topological polar surface area (TPSA) is 56.7 Å². The molecule has 0 radical (unpaired) electrons. The summed E-state index contributed by atoms with van der Waals surface area (Å²) in [5.41, 5.74) is 7.46. The first kappa shape index (κ1) is 12.6. The zero-order valence-electron chi connectivity index (χ0n) is 11.2. The minimum Gasteiger partial charge on any atom is -0.330 e. The van der Waals surface area contributed by atoms with E-state index in [9.17, 15) is 0 Å². The SMILES string of the molecule is Cn1cc(CC2CC(C)(C)CCC2CN)nn1. The lowest BCUT2D eigenvalue weighted by Crippen LogP contribution is -2.35. The second-order valence-electron chi connectivity index (χ2n) is 6.25. The van der Waals surface area contributed by atoms with Crippen molar-refractivity contribution in [3.05, 3.63) is 11.9 Å². The van der Waals surface area contributed by atoms with Crippen LogP contribution in [0.25, 0.3) is 0 Å². The monoisotopic (exact) mass is 236 g/mol. The summed E-state index contributed by atoms with van der Waals surface area (Å²) in [5, 5.41) is 8.20. The molecule has 2 unspecified atom stereocenters. The fourth-order valence-corrected chi connectivity index (χ4v) is 3.10. The van der Waals surface area contributed by atoms with Gasteiger partial charge in [-0.05, 0) is 49.5 Å². The Morgan fingerprint density at radius 1 is 1.47 bits per heavy atom. The number of rotatable bonds is 3. The third kappa shape index (κ3) is 3.06. The van der Waals surface area contributed by atoms with Crippen molar-refractivity contribution in [2.24, 2.45) is 30.0 Å². The molecular weight excluding hydrogens is 212 g/mol. The maximum atomic E-state index is 5.90. The van der Waals surface area contributed by atoms with Crippen molar-refractivity contribution in [2.75, 3.05) is 6.54 Å². The molecule has 2 atom stereocenters. The van der Waals surface area contributed by atoms with Gasteiger partial charge in [0.25, 0.3) is 0 Å². The Labute approximate surface area is 104 Å². The molecule has 1 aromatic rings. The van der Waals surface area contributed by atoms with Crippen LogP contribution < -0.4 is 5.73 Å². The third-order valence-corrected chi connectivity index (χ3v) is 4.10. The Hall–Kier alpha value is -0.900. The fourth-order valence-electron chi connectivity index (χ4n) is 3.10. The van der Waals surface area contributed by atoms with E-state index in [2.05, 4.69) is 24.2 Å². The number of nitrogens with zero attached hydrogens (tertiary/aromatic N) is 3. The molecule has 0 spiro atoms. The predicted molar refractivity (Wildman–Crippen MR) is 68.4 cm³/mol. The van der Waals surface area contributed by atoms with Crippen molar-refractivity contribution in [1.82, 2.24) is 15.0 Å². The number of hydrogen-bond donors (Lipinski definition) is 1. The van der Waals surface area contributed by atoms with E-state index in [1.54, 1.807) is 4.68 Å². The first-order valence-corrected chi connectivity index (χ1v) is 6.55. The molecule has 4 heteroatoms. The summed E-state index contributed by atoms with van der Waals surface area (Å²) in [6.45, 7) is 5.54. The van der Waals surface area contributed by atoms with Crippen molar-refractivity contribution in [2.45, 2.75) is 39.5 Å². The van der Waals surface area contributed by atoms with Crippen LogP contribution in [0.4, 0.5) is 0 Å². The lowest BCUT2D eigenvalue weighted by molar-refractivity contribution is 0.121. The van der Waals surface area contributed by atoms with Crippen LogP contribution in [0.2, 0.25) is 0 Å². The average molecular weight is 236 g/mol. The van der Waals surface area contributed by atoms with Gasteiger partial charge in [0.1, 0.15) is 0 Å². The summed E-state index contributed by atoms with van der Waals surface area (Å²) in [6, 6.07) is 0. The highest BCUT2D eigenvalue weighted by molar-refractivity contribution is 4.97. The molecule has 1 aliphatic rings. The van der Waals surface area contributed by atoms with Gasteiger partial charge in [0.15, 0.2) is 0 Å². The fraction of sp³-hybridized carbons (Fsp3) is 0.846. The van der Waals surface area contributed by atoms with Crippen LogP contribution in [0.15, 0.2) is 6.20 Å². The Morgan fingerprint density at radius 2 is 2.24 bits per heavy atom. The second kappa shape index (κ2) is 4.77. The Bertz CT molecular complexity index is 369. The van der Waals surface area contributed by atoms with Gasteiger partial charge >= 0.3 is 0 Å². The molecule has 0 aliphatic heterocycles. The number of aryl methyl sites for hydroxylation is 1. The van der Waals surface area contributed by atoms with Crippen LogP contribution >= 0.6 is 0 Å².